The third kappa shape index (κ3) is 3.68. The van der Waals surface area contributed by atoms with Crippen molar-refractivity contribution in [1.82, 2.24) is 24.1 Å². The van der Waals surface area contributed by atoms with Crippen LogP contribution in [0.15, 0.2) is 122 Å². The van der Waals surface area contributed by atoms with E-state index in [1.165, 1.54) is 5.56 Å². The maximum absolute atomic E-state index is 5.11. The highest BCUT2D eigenvalue weighted by atomic mass is 15.3. The van der Waals surface area contributed by atoms with Crippen molar-refractivity contribution in [3.05, 3.63) is 133 Å². The predicted molar refractivity (Wildman–Crippen MR) is 153 cm³/mol. The van der Waals surface area contributed by atoms with Crippen molar-refractivity contribution in [1.29, 1.82) is 0 Å². The van der Waals surface area contributed by atoms with Gasteiger partial charge >= 0.3 is 0 Å². The van der Waals surface area contributed by atoms with E-state index < -0.39 is 0 Å². The Morgan fingerprint density at radius 2 is 1.29 bits per heavy atom. The average Bonchev–Trinajstić information content (AvgIpc) is 3.54. The summed E-state index contributed by atoms with van der Waals surface area (Å²) in [6.45, 7) is 2.78. The third-order valence-electron chi connectivity index (χ3n) is 7.06. The van der Waals surface area contributed by atoms with Gasteiger partial charge in [-0.15, -0.1) is 5.10 Å². The van der Waals surface area contributed by atoms with E-state index in [0.717, 1.165) is 50.2 Å². The van der Waals surface area contributed by atoms with Crippen LogP contribution in [0.1, 0.15) is 11.1 Å². The number of aryl methyl sites for hydroxylation is 1. The molecule has 0 amide bonds. The molecule has 0 aliphatic carbocycles. The number of hydrogen-bond acceptors (Lipinski definition) is 3. The quantitative estimate of drug-likeness (QED) is 0.251. The van der Waals surface area contributed by atoms with E-state index in [2.05, 4.69) is 115 Å². The Morgan fingerprint density at radius 1 is 0.658 bits per heavy atom. The Bertz CT molecular complexity index is 1880. The molecule has 0 aliphatic heterocycles. The molecule has 0 N–H and O–H groups in total. The van der Waals surface area contributed by atoms with Crippen LogP contribution in [0, 0.1) is 6.92 Å². The van der Waals surface area contributed by atoms with E-state index in [4.69, 9.17) is 15.1 Å². The third-order valence-corrected chi connectivity index (χ3v) is 7.06. The topological polar surface area (TPSA) is 48.0 Å². The zero-order valence-corrected chi connectivity index (χ0v) is 21.0. The molecule has 0 bridgehead atoms. The molecule has 5 heteroatoms. The molecule has 7 aromatic rings. The van der Waals surface area contributed by atoms with Gasteiger partial charge in [-0.25, -0.2) is 14.5 Å². The Morgan fingerprint density at radius 3 is 2.00 bits per heavy atom. The van der Waals surface area contributed by atoms with Crippen LogP contribution >= 0.6 is 0 Å². The molecule has 0 spiro atoms. The van der Waals surface area contributed by atoms with Gasteiger partial charge in [0.25, 0.3) is 0 Å². The Hall–Kier alpha value is -5.03. The Kier molecular flexibility index (Phi) is 5.33. The number of hydrogen-bond donors (Lipinski definition) is 0. The summed E-state index contributed by atoms with van der Waals surface area (Å²) in [6, 6.07) is 39.9. The summed E-state index contributed by atoms with van der Waals surface area (Å²) in [5, 5.41) is 5.86. The van der Waals surface area contributed by atoms with Gasteiger partial charge in [0.05, 0.1) is 11.1 Å². The lowest BCUT2D eigenvalue weighted by Crippen LogP contribution is -2.03. The van der Waals surface area contributed by atoms with E-state index >= 15 is 0 Å². The highest BCUT2D eigenvalue weighted by molar-refractivity contribution is 6.09. The summed E-state index contributed by atoms with van der Waals surface area (Å²) in [7, 11) is 0. The maximum atomic E-state index is 5.11. The molecule has 38 heavy (non-hydrogen) atoms. The van der Waals surface area contributed by atoms with Crippen LogP contribution < -0.4 is 0 Å². The molecule has 4 aromatic carbocycles. The fourth-order valence-corrected chi connectivity index (χ4v) is 5.28. The molecule has 0 aliphatic rings. The molecule has 0 unspecified atom stereocenters. The van der Waals surface area contributed by atoms with Crippen LogP contribution in [0.2, 0.25) is 0 Å². The van der Waals surface area contributed by atoms with E-state index in [1.807, 2.05) is 16.6 Å². The van der Waals surface area contributed by atoms with E-state index in [1.54, 1.807) is 6.33 Å². The number of benzene rings is 4. The summed E-state index contributed by atoms with van der Waals surface area (Å²) < 4.78 is 4.14. The normalized spacial score (nSPS) is 11.4. The molecular weight excluding hydrogens is 466 g/mol. The van der Waals surface area contributed by atoms with Gasteiger partial charge in [0, 0.05) is 17.7 Å². The first-order chi connectivity index (χ1) is 18.8. The van der Waals surface area contributed by atoms with Gasteiger partial charge in [0.15, 0.2) is 11.5 Å². The van der Waals surface area contributed by atoms with Gasteiger partial charge in [-0.3, -0.25) is 0 Å². The summed E-state index contributed by atoms with van der Waals surface area (Å²) in [4.78, 5) is 10.1. The second kappa shape index (κ2) is 9.12. The average molecular weight is 492 g/mol. The van der Waals surface area contributed by atoms with Crippen molar-refractivity contribution in [2.45, 2.75) is 13.5 Å². The monoisotopic (exact) mass is 491 g/mol. The fourth-order valence-electron chi connectivity index (χ4n) is 5.28. The first kappa shape index (κ1) is 22.2. The molecule has 3 heterocycles. The largest absolute Gasteiger partial charge is 0.320 e. The summed E-state index contributed by atoms with van der Waals surface area (Å²) in [5.74, 6) is 0.702. The van der Waals surface area contributed by atoms with Crippen molar-refractivity contribution < 1.29 is 0 Å². The van der Waals surface area contributed by atoms with E-state index in [-0.39, 0.29) is 0 Å². The first-order valence-electron chi connectivity index (χ1n) is 12.8. The fraction of sp³-hybridized carbons (Fsp3) is 0.0606. The zero-order chi connectivity index (χ0) is 25.5. The molecule has 7 rings (SSSR count). The SMILES string of the molecule is Cc1ccccc1-c1nc2c3c(-c4ccccc4)c(-c4ccccc4)n(Cc4ccccc4)c3ncn2n1. The molecule has 0 radical (unpaired) electrons. The molecule has 0 saturated heterocycles. The number of rotatable bonds is 5. The minimum absolute atomic E-state index is 0.691. The zero-order valence-electron chi connectivity index (χ0n) is 21.0. The van der Waals surface area contributed by atoms with Crippen LogP contribution in [0.25, 0.3) is 50.5 Å². The standard InChI is InChI=1S/C33H25N5/c1-23-13-11-12-20-27(23)31-35-33-29-28(25-16-7-3-8-17-25)30(26-18-9-4-10-19-26)37(21-24-14-5-2-6-15-24)32(29)34-22-38(33)36-31/h2-20,22H,21H2,1H3. The van der Waals surface area contributed by atoms with Crippen molar-refractivity contribution in [2.75, 3.05) is 0 Å². The van der Waals surface area contributed by atoms with Gasteiger partial charge in [-0.2, -0.15) is 0 Å². The maximum Gasteiger partial charge on any atom is 0.182 e. The highest BCUT2D eigenvalue weighted by Gasteiger charge is 2.25. The lowest BCUT2D eigenvalue weighted by Gasteiger charge is -2.13. The molecule has 182 valence electrons. The summed E-state index contributed by atoms with van der Waals surface area (Å²) >= 11 is 0. The second-order valence-corrected chi connectivity index (χ2v) is 9.49. The minimum atomic E-state index is 0.691. The van der Waals surface area contributed by atoms with Crippen LogP contribution in [-0.4, -0.2) is 24.1 Å². The summed E-state index contributed by atoms with van der Waals surface area (Å²) in [5.41, 5.74) is 9.57. The number of aromatic nitrogens is 5. The molecular formula is C33H25N5. The minimum Gasteiger partial charge on any atom is -0.320 e. The van der Waals surface area contributed by atoms with E-state index in [9.17, 15) is 0 Å². The van der Waals surface area contributed by atoms with Crippen molar-refractivity contribution in [3.63, 3.8) is 0 Å². The van der Waals surface area contributed by atoms with Gasteiger partial charge in [0.1, 0.15) is 12.0 Å². The van der Waals surface area contributed by atoms with Crippen molar-refractivity contribution in [3.8, 4) is 33.8 Å². The molecule has 3 aromatic heterocycles. The lowest BCUT2D eigenvalue weighted by molar-refractivity contribution is 0.826. The van der Waals surface area contributed by atoms with Crippen LogP contribution in [0.4, 0.5) is 0 Å². The van der Waals surface area contributed by atoms with Crippen LogP contribution in [0.3, 0.4) is 0 Å². The Labute approximate surface area is 220 Å². The molecule has 0 saturated carbocycles. The number of nitrogens with zero attached hydrogens (tertiary/aromatic N) is 5. The van der Waals surface area contributed by atoms with Gasteiger partial charge in [-0.1, -0.05) is 115 Å². The summed E-state index contributed by atoms with van der Waals surface area (Å²) in [6.07, 6.45) is 1.79. The smallest absolute Gasteiger partial charge is 0.182 e. The van der Waals surface area contributed by atoms with Gasteiger partial charge in [0.2, 0.25) is 0 Å². The first-order valence-corrected chi connectivity index (χ1v) is 12.8. The van der Waals surface area contributed by atoms with Crippen molar-refractivity contribution in [2.24, 2.45) is 0 Å². The van der Waals surface area contributed by atoms with Crippen molar-refractivity contribution >= 4 is 16.7 Å². The second-order valence-electron chi connectivity index (χ2n) is 9.49. The van der Waals surface area contributed by atoms with Crippen LogP contribution in [0.5, 0.6) is 0 Å². The highest BCUT2D eigenvalue weighted by Crippen LogP contribution is 2.42. The van der Waals surface area contributed by atoms with E-state index in [0.29, 0.717) is 12.4 Å². The number of fused-ring (bicyclic) bond motifs is 3. The van der Waals surface area contributed by atoms with Gasteiger partial charge < -0.3 is 4.57 Å². The predicted octanol–water partition coefficient (Wildman–Crippen LogP) is 7.44. The lowest BCUT2D eigenvalue weighted by atomic mass is 9.99. The van der Waals surface area contributed by atoms with Crippen LogP contribution in [-0.2, 0) is 6.54 Å². The molecule has 0 fully saturated rings. The molecule has 5 nitrogen and oxygen atoms in total. The Balaban J connectivity index is 1.61. The van der Waals surface area contributed by atoms with Gasteiger partial charge in [-0.05, 0) is 29.2 Å². The molecule has 0 atom stereocenters.